The first kappa shape index (κ1) is 11.0. The van der Waals surface area contributed by atoms with Gasteiger partial charge in [0.15, 0.2) is 0 Å². The summed E-state index contributed by atoms with van der Waals surface area (Å²) in [6, 6.07) is 3.79. The van der Waals surface area contributed by atoms with Gasteiger partial charge in [0.25, 0.3) is 0 Å². The summed E-state index contributed by atoms with van der Waals surface area (Å²) >= 11 is 0. The molecule has 1 aromatic rings. The molecule has 1 heterocycles. The normalized spacial score (nSPS) is 18.6. The minimum Gasteiger partial charge on any atom is -0.387 e. The first-order valence-electron chi connectivity index (χ1n) is 5.92. The summed E-state index contributed by atoms with van der Waals surface area (Å²) in [7, 11) is 0. The molecule has 1 saturated carbocycles. The lowest BCUT2D eigenvalue weighted by Crippen LogP contribution is -2.25. The van der Waals surface area contributed by atoms with Crippen molar-refractivity contribution in [2.75, 3.05) is 0 Å². The molecule has 16 heavy (non-hydrogen) atoms. The van der Waals surface area contributed by atoms with Crippen LogP contribution in [0.4, 0.5) is 0 Å². The highest BCUT2D eigenvalue weighted by Gasteiger charge is 2.16. The van der Waals surface area contributed by atoms with E-state index >= 15 is 0 Å². The molecule has 2 N–H and O–H groups in total. The molecule has 0 spiro atoms. The molecule has 4 nitrogen and oxygen atoms in total. The van der Waals surface area contributed by atoms with Gasteiger partial charge in [-0.1, -0.05) is 19.3 Å². The van der Waals surface area contributed by atoms with Crippen LogP contribution in [-0.2, 0) is 6.54 Å². The molecule has 1 aliphatic carbocycles. The number of hydrogen-bond donors (Lipinski definition) is 1. The molecule has 0 aliphatic heterocycles. The quantitative estimate of drug-likeness (QED) is 0.622. The Morgan fingerprint density at radius 1 is 1.38 bits per heavy atom. The first-order chi connectivity index (χ1) is 7.86. The average molecular weight is 218 g/mol. The van der Waals surface area contributed by atoms with Crippen LogP contribution in [0.5, 0.6) is 0 Å². The maximum absolute atomic E-state index is 6.00. The number of aromatic nitrogens is 2. The highest BCUT2D eigenvalue weighted by molar-refractivity contribution is 5.82. The van der Waals surface area contributed by atoms with E-state index in [1.165, 1.54) is 32.1 Å². The highest BCUT2D eigenvalue weighted by Crippen LogP contribution is 2.23. The van der Waals surface area contributed by atoms with E-state index in [0.29, 0.717) is 12.5 Å². The van der Waals surface area contributed by atoms with Gasteiger partial charge in [-0.2, -0.15) is 10.2 Å². The van der Waals surface area contributed by atoms with Crippen LogP contribution in [0.3, 0.4) is 0 Å². The van der Waals surface area contributed by atoms with E-state index < -0.39 is 0 Å². The Labute approximate surface area is 96.0 Å². The summed E-state index contributed by atoms with van der Waals surface area (Å²) < 4.78 is 0. The maximum atomic E-state index is 6.00. The van der Waals surface area contributed by atoms with Crippen LogP contribution in [0.15, 0.2) is 23.3 Å². The largest absolute Gasteiger partial charge is 0.387 e. The lowest BCUT2D eigenvalue weighted by atomic mass is 9.88. The molecule has 0 bridgehead atoms. The van der Waals surface area contributed by atoms with Gasteiger partial charge in [0.1, 0.15) is 0 Å². The Hall–Kier alpha value is -1.45. The van der Waals surface area contributed by atoms with Crippen molar-refractivity contribution >= 4 is 5.84 Å². The van der Waals surface area contributed by atoms with Crippen LogP contribution in [0.1, 0.15) is 37.8 Å². The van der Waals surface area contributed by atoms with Crippen molar-refractivity contribution in [1.82, 2.24) is 10.2 Å². The van der Waals surface area contributed by atoms with Gasteiger partial charge >= 0.3 is 0 Å². The summed E-state index contributed by atoms with van der Waals surface area (Å²) in [6.07, 6.45) is 7.95. The van der Waals surface area contributed by atoms with E-state index in [-0.39, 0.29) is 0 Å². The van der Waals surface area contributed by atoms with Crippen molar-refractivity contribution in [2.24, 2.45) is 16.6 Å². The lowest BCUT2D eigenvalue weighted by Gasteiger charge is -2.20. The number of amidine groups is 1. The van der Waals surface area contributed by atoms with Gasteiger partial charge in [-0.15, -0.1) is 0 Å². The van der Waals surface area contributed by atoms with Gasteiger partial charge in [0.05, 0.1) is 18.1 Å². The Morgan fingerprint density at radius 3 is 2.88 bits per heavy atom. The Kier molecular flexibility index (Phi) is 3.86. The van der Waals surface area contributed by atoms with Crippen LogP contribution in [-0.4, -0.2) is 16.0 Å². The third-order valence-electron chi connectivity index (χ3n) is 3.07. The number of nitrogens with zero attached hydrogens (tertiary/aromatic N) is 3. The fourth-order valence-corrected chi connectivity index (χ4v) is 2.12. The third-order valence-corrected chi connectivity index (χ3v) is 3.07. The second-order valence-electron chi connectivity index (χ2n) is 4.29. The van der Waals surface area contributed by atoms with Gasteiger partial charge in [0.2, 0.25) is 0 Å². The molecular formula is C12H18N4. The van der Waals surface area contributed by atoms with E-state index in [0.717, 1.165) is 11.5 Å². The molecule has 0 aromatic carbocycles. The minimum absolute atomic E-state index is 0.491. The second kappa shape index (κ2) is 5.58. The van der Waals surface area contributed by atoms with Gasteiger partial charge in [-0.3, -0.25) is 4.99 Å². The Bertz CT molecular complexity index is 341. The molecule has 4 heteroatoms. The van der Waals surface area contributed by atoms with Gasteiger partial charge in [0, 0.05) is 12.1 Å². The lowest BCUT2D eigenvalue weighted by molar-refractivity contribution is 0.436. The predicted octanol–water partition coefficient (Wildman–Crippen LogP) is 1.91. The van der Waals surface area contributed by atoms with Gasteiger partial charge < -0.3 is 5.73 Å². The first-order valence-corrected chi connectivity index (χ1v) is 5.92. The molecule has 2 rings (SSSR count). The van der Waals surface area contributed by atoms with Crippen LogP contribution < -0.4 is 5.73 Å². The highest BCUT2D eigenvalue weighted by atomic mass is 15.1. The SMILES string of the molecule is NC(=NCc1cccnn1)C1CCCCC1. The van der Waals surface area contributed by atoms with Crippen LogP contribution in [0.2, 0.25) is 0 Å². The molecule has 0 amide bonds. The van der Waals surface area contributed by atoms with Gasteiger partial charge in [-0.25, -0.2) is 0 Å². The van der Waals surface area contributed by atoms with Crippen molar-refractivity contribution in [3.63, 3.8) is 0 Å². The molecule has 0 radical (unpaired) electrons. The monoisotopic (exact) mass is 218 g/mol. The summed E-state index contributed by atoms with van der Waals surface area (Å²) in [4.78, 5) is 4.41. The summed E-state index contributed by atoms with van der Waals surface area (Å²) in [5.41, 5.74) is 6.87. The fraction of sp³-hybridized carbons (Fsp3) is 0.583. The second-order valence-corrected chi connectivity index (χ2v) is 4.29. The predicted molar refractivity (Wildman–Crippen MR) is 63.9 cm³/mol. The summed E-state index contributed by atoms with van der Waals surface area (Å²) in [5.74, 6) is 1.29. The topological polar surface area (TPSA) is 64.2 Å². The van der Waals surface area contributed by atoms with E-state index in [1.807, 2.05) is 12.1 Å². The summed E-state index contributed by atoms with van der Waals surface area (Å²) in [5, 5.41) is 7.80. The molecule has 86 valence electrons. The van der Waals surface area contributed by atoms with E-state index in [2.05, 4.69) is 15.2 Å². The van der Waals surface area contributed by atoms with Crippen molar-refractivity contribution in [1.29, 1.82) is 0 Å². The number of aliphatic imine (C=N–C) groups is 1. The van der Waals surface area contributed by atoms with Crippen molar-refractivity contribution < 1.29 is 0 Å². The van der Waals surface area contributed by atoms with E-state index in [1.54, 1.807) is 6.20 Å². The van der Waals surface area contributed by atoms with Gasteiger partial charge in [-0.05, 0) is 25.0 Å². The third kappa shape index (κ3) is 3.02. The van der Waals surface area contributed by atoms with Crippen LogP contribution in [0.25, 0.3) is 0 Å². The summed E-state index contributed by atoms with van der Waals surface area (Å²) in [6.45, 7) is 0.552. The molecule has 1 aliphatic rings. The molecule has 1 fully saturated rings. The molecule has 1 aromatic heterocycles. The smallest absolute Gasteiger partial charge is 0.0973 e. The number of rotatable bonds is 3. The molecule has 0 unspecified atom stereocenters. The van der Waals surface area contributed by atoms with E-state index in [4.69, 9.17) is 5.73 Å². The standard InChI is InChI=1S/C12H18N4/c13-12(10-5-2-1-3-6-10)14-9-11-7-4-8-15-16-11/h4,7-8,10H,1-3,5-6,9H2,(H2,13,14). The molecular weight excluding hydrogens is 200 g/mol. The van der Waals surface area contributed by atoms with Crippen molar-refractivity contribution in [2.45, 2.75) is 38.6 Å². The Balaban J connectivity index is 1.91. The number of nitrogens with two attached hydrogens (primary N) is 1. The maximum Gasteiger partial charge on any atom is 0.0973 e. The van der Waals surface area contributed by atoms with Crippen LogP contribution in [0, 0.1) is 5.92 Å². The zero-order chi connectivity index (χ0) is 11.2. The fourth-order valence-electron chi connectivity index (χ4n) is 2.12. The van der Waals surface area contributed by atoms with E-state index in [9.17, 15) is 0 Å². The zero-order valence-corrected chi connectivity index (χ0v) is 9.47. The molecule has 0 atom stereocenters. The van der Waals surface area contributed by atoms with Crippen LogP contribution >= 0.6 is 0 Å². The van der Waals surface area contributed by atoms with Crippen molar-refractivity contribution in [3.05, 3.63) is 24.0 Å². The molecule has 0 saturated heterocycles. The number of hydrogen-bond acceptors (Lipinski definition) is 3. The zero-order valence-electron chi connectivity index (χ0n) is 9.47. The van der Waals surface area contributed by atoms with Crippen molar-refractivity contribution in [3.8, 4) is 0 Å². The average Bonchev–Trinajstić information content (AvgIpc) is 2.38. The minimum atomic E-state index is 0.491. The Morgan fingerprint density at radius 2 is 2.19 bits per heavy atom.